The molecule has 7 nitrogen and oxygen atoms in total. The summed E-state index contributed by atoms with van der Waals surface area (Å²) in [6, 6.07) is 0.163. The van der Waals surface area contributed by atoms with E-state index in [4.69, 9.17) is 4.52 Å². The first-order chi connectivity index (χ1) is 12.0. The number of aromatic nitrogens is 4. The fourth-order valence-corrected chi connectivity index (χ4v) is 3.71. The standard InChI is InChI=1S/C18H27N5O2/c1-5-15-19-16(25-21-15)9-6-10-17(24)23-11-7-8-14(23)18-12(2)20-22(4)13(18)3/h14H,5-11H2,1-4H3/t14-/m1/s1. The Hall–Kier alpha value is -2.18. The Morgan fingerprint density at radius 1 is 1.36 bits per heavy atom. The molecule has 1 amide bonds. The van der Waals surface area contributed by atoms with Gasteiger partial charge in [0.2, 0.25) is 11.8 Å². The van der Waals surface area contributed by atoms with E-state index in [1.807, 2.05) is 30.5 Å². The van der Waals surface area contributed by atoms with Gasteiger partial charge in [-0.25, -0.2) is 0 Å². The molecule has 3 rings (SSSR count). The lowest BCUT2D eigenvalue weighted by atomic mass is 10.0. The molecule has 0 saturated carbocycles. The summed E-state index contributed by atoms with van der Waals surface area (Å²) in [5.74, 6) is 1.56. The molecule has 0 radical (unpaired) electrons. The van der Waals surface area contributed by atoms with Crippen molar-refractivity contribution in [1.82, 2.24) is 24.8 Å². The third kappa shape index (κ3) is 3.60. The Morgan fingerprint density at radius 3 is 2.80 bits per heavy atom. The molecular weight excluding hydrogens is 318 g/mol. The van der Waals surface area contributed by atoms with Gasteiger partial charge >= 0.3 is 0 Å². The molecule has 1 atom stereocenters. The Kier molecular flexibility index (Phi) is 5.20. The van der Waals surface area contributed by atoms with E-state index in [1.54, 1.807) is 0 Å². The van der Waals surface area contributed by atoms with Crippen molar-refractivity contribution in [2.45, 2.75) is 65.3 Å². The van der Waals surface area contributed by atoms with E-state index in [9.17, 15) is 4.79 Å². The highest BCUT2D eigenvalue weighted by molar-refractivity contribution is 5.77. The van der Waals surface area contributed by atoms with Crippen LogP contribution in [0.25, 0.3) is 0 Å². The maximum atomic E-state index is 12.7. The fourth-order valence-electron chi connectivity index (χ4n) is 3.71. The van der Waals surface area contributed by atoms with E-state index >= 15 is 0 Å². The predicted molar refractivity (Wildman–Crippen MR) is 93.0 cm³/mol. The highest BCUT2D eigenvalue weighted by atomic mass is 16.5. The van der Waals surface area contributed by atoms with Crippen LogP contribution < -0.4 is 0 Å². The third-order valence-corrected chi connectivity index (χ3v) is 5.08. The first kappa shape index (κ1) is 17.6. The summed E-state index contributed by atoms with van der Waals surface area (Å²) in [4.78, 5) is 19.1. The average Bonchev–Trinajstić information content (AvgIpc) is 3.28. The first-order valence-corrected chi connectivity index (χ1v) is 9.12. The smallest absolute Gasteiger partial charge is 0.226 e. The monoisotopic (exact) mass is 345 g/mol. The van der Waals surface area contributed by atoms with Gasteiger partial charge in [-0.15, -0.1) is 0 Å². The van der Waals surface area contributed by atoms with Crippen LogP contribution in [0, 0.1) is 13.8 Å². The van der Waals surface area contributed by atoms with Crippen molar-refractivity contribution in [2.75, 3.05) is 6.54 Å². The first-order valence-electron chi connectivity index (χ1n) is 9.12. The minimum atomic E-state index is 0.163. The van der Waals surface area contributed by atoms with Crippen LogP contribution >= 0.6 is 0 Å². The van der Waals surface area contributed by atoms with Crippen LogP contribution in [0.4, 0.5) is 0 Å². The Balaban J connectivity index is 1.61. The molecule has 2 aromatic rings. The number of nitrogens with zero attached hydrogens (tertiary/aromatic N) is 5. The number of hydrogen-bond acceptors (Lipinski definition) is 5. The maximum Gasteiger partial charge on any atom is 0.226 e. The van der Waals surface area contributed by atoms with Crippen LogP contribution in [0.3, 0.4) is 0 Å². The van der Waals surface area contributed by atoms with Crippen molar-refractivity contribution in [3.8, 4) is 0 Å². The number of rotatable bonds is 6. The molecule has 25 heavy (non-hydrogen) atoms. The molecule has 2 aromatic heterocycles. The van der Waals surface area contributed by atoms with Gasteiger partial charge in [0.25, 0.3) is 0 Å². The molecule has 136 valence electrons. The number of hydrogen-bond donors (Lipinski definition) is 0. The second kappa shape index (κ2) is 7.37. The number of likely N-dealkylation sites (tertiary alicyclic amines) is 1. The predicted octanol–water partition coefficient (Wildman–Crippen LogP) is 2.67. The summed E-state index contributed by atoms with van der Waals surface area (Å²) in [5, 5.41) is 8.40. The summed E-state index contributed by atoms with van der Waals surface area (Å²) < 4.78 is 7.10. The molecular formula is C18H27N5O2. The topological polar surface area (TPSA) is 77.0 Å². The van der Waals surface area contributed by atoms with Gasteiger partial charge in [0, 0.05) is 44.1 Å². The van der Waals surface area contributed by atoms with Gasteiger partial charge in [0.05, 0.1) is 11.7 Å². The van der Waals surface area contributed by atoms with Crippen molar-refractivity contribution in [1.29, 1.82) is 0 Å². The lowest BCUT2D eigenvalue weighted by Crippen LogP contribution is -2.31. The SMILES string of the molecule is CCc1noc(CCCC(=O)N2CCC[C@@H]2c2c(C)nn(C)c2C)n1. The summed E-state index contributed by atoms with van der Waals surface area (Å²) in [7, 11) is 1.96. The normalized spacial score (nSPS) is 17.4. The molecule has 0 aromatic carbocycles. The van der Waals surface area contributed by atoms with Crippen molar-refractivity contribution >= 4 is 5.91 Å². The van der Waals surface area contributed by atoms with Gasteiger partial charge in [0.15, 0.2) is 5.82 Å². The minimum absolute atomic E-state index is 0.163. The maximum absolute atomic E-state index is 12.7. The Morgan fingerprint density at radius 2 is 2.16 bits per heavy atom. The molecule has 1 fully saturated rings. The van der Waals surface area contributed by atoms with Crippen molar-refractivity contribution < 1.29 is 9.32 Å². The van der Waals surface area contributed by atoms with Crippen LogP contribution in [0.15, 0.2) is 4.52 Å². The molecule has 1 aliphatic heterocycles. The summed E-state index contributed by atoms with van der Waals surface area (Å²) in [6.45, 7) is 6.94. The highest BCUT2D eigenvalue weighted by Gasteiger charge is 2.33. The zero-order valence-corrected chi connectivity index (χ0v) is 15.6. The van der Waals surface area contributed by atoms with E-state index in [1.165, 1.54) is 5.56 Å². The van der Waals surface area contributed by atoms with E-state index in [2.05, 4.69) is 22.2 Å². The molecule has 0 unspecified atom stereocenters. The largest absolute Gasteiger partial charge is 0.339 e. The molecule has 3 heterocycles. The molecule has 1 aliphatic rings. The van der Waals surface area contributed by atoms with Gasteiger partial charge in [-0.3, -0.25) is 9.48 Å². The third-order valence-electron chi connectivity index (χ3n) is 5.08. The van der Waals surface area contributed by atoms with Crippen molar-refractivity contribution in [2.24, 2.45) is 7.05 Å². The fraction of sp³-hybridized carbons (Fsp3) is 0.667. The van der Waals surface area contributed by atoms with Crippen LogP contribution in [0.2, 0.25) is 0 Å². The molecule has 0 bridgehead atoms. The number of carbonyl (C=O) groups excluding carboxylic acids is 1. The van der Waals surface area contributed by atoms with Crippen LogP contribution in [0.1, 0.15) is 67.3 Å². The molecule has 0 spiro atoms. The van der Waals surface area contributed by atoms with Crippen LogP contribution in [-0.2, 0) is 24.7 Å². The summed E-state index contributed by atoms with van der Waals surface area (Å²) in [5.41, 5.74) is 3.40. The number of aryl methyl sites for hydroxylation is 4. The number of amides is 1. The second-order valence-electron chi connectivity index (χ2n) is 6.76. The van der Waals surface area contributed by atoms with E-state index in [0.29, 0.717) is 18.7 Å². The molecule has 1 saturated heterocycles. The Bertz CT molecular complexity index is 749. The van der Waals surface area contributed by atoms with Gasteiger partial charge in [-0.05, 0) is 33.1 Å². The highest BCUT2D eigenvalue weighted by Crippen LogP contribution is 2.35. The van der Waals surface area contributed by atoms with Gasteiger partial charge in [0.1, 0.15) is 0 Å². The Labute approximate surface area is 148 Å². The van der Waals surface area contributed by atoms with E-state index < -0.39 is 0 Å². The molecule has 7 heteroatoms. The van der Waals surface area contributed by atoms with E-state index in [0.717, 1.165) is 49.4 Å². The van der Waals surface area contributed by atoms with E-state index in [-0.39, 0.29) is 11.9 Å². The zero-order chi connectivity index (χ0) is 18.0. The van der Waals surface area contributed by atoms with Crippen molar-refractivity contribution in [3.05, 3.63) is 28.7 Å². The minimum Gasteiger partial charge on any atom is -0.339 e. The summed E-state index contributed by atoms with van der Waals surface area (Å²) >= 11 is 0. The quantitative estimate of drug-likeness (QED) is 0.804. The molecule has 0 aliphatic carbocycles. The lowest BCUT2D eigenvalue weighted by molar-refractivity contribution is -0.132. The van der Waals surface area contributed by atoms with Crippen LogP contribution in [-0.4, -0.2) is 37.3 Å². The zero-order valence-electron chi connectivity index (χ0n) is 15.6. The van der Waals surface area contributed by atoms with Gasteiger partial charge in [-0.1, -0.05) is 12.1 Å². The van der Waals surface area contributed by atoms with Crippen LogP contribution in [0.5, 0.6) is 0 Å². The summed E-state index contributed by atoms with van der Waals surface area (Å²) in [6.07, 6.45) is 4.73. The average molecular weight is 345 g/mol. The van der Waals surface area contributed by atoms with Crippen molar-refractivity contribution in [3.63, 3.8) is 0 Å². The molecule has 0 N–H and O–H groups in total. The second-order valence-corrected chi connectivity index (χ2v) is 6.76. The number of carbonyl (C=O) groups is 1. The van der Waals surface area contributed by atoms with Gasteiger partial charge in [-0.2, -0.15) is 10.1 Å². The van der Waals surface area contributed by atoms with Gasteiger partial charge < -0.3 is 9.42 Å². The lowest BCUT2D eigenvalue weighted by Gasteiger charge is -2.25.